The van der Waals surface area contributed by atoms with Crippen molar-refractivity contribution in [3.63, 3.8) is 0 Å². The van der Waals surface area contributed by atoms with E-state index in [1.165, 1.54) is 11.1 Å². The van der Waals surface area contributed by atoms with Crippen molar-refractivity contribution in [1.82, 2.24) is 20.1 Å². The third-order valence-corrected chi connectivity index (χ3v) is 2.52. The summed E-state index contributed by atoms with van der Waals surface area (Å²) in [6, 6.07) is 4.06. The molecule has 0 amide bonds. The van der Waals surface area contributed by atoms with Gasteiger partial charge in [-0.2, -0.15) is 5.10 Å². The number of nitrogens with zero attached hydrogens (tertiary/aromatic N) is 3. The third kappa shape index (κ3) is 2.67. The normalized spacial score (nSPS) is 10.6. The highest BCUT2D eigenvalue weighted by Crippen LogP contribution is 2.03. The van der Waals surface area contributed by atoms with Crippen LogP contribution in [0.15, 0.2) is 30.7 Å². The van der Waals surface area contributed by atoms with E-state index in [1.807, 2.05) is 43.3 Å². The van der Waals surface area contributed by atoms with Gasteiger partial charge in [0.15, 0.2) is 0 Å². The Morgan fingerprint density at radius 1 is 1.38 bits per heavy atom. The Morgan fingerprint density at radius 3 is 2.94 bits per heavy atom. The van der Waals surface area contributed by atoms with Gasteiger partial charge in [0.25, 0.3) is 0 Å². The first kappa shape index (κ1) is 10.8. The predicted molar refractivity (Wildman–Crippen MR) is 62.7 cm³/mol. The van der Waals surface area contributed by atoms with E-state index in [0.717, 1.165) is 18.8 Å². The van der Waals surface area contributed by atoms with Gasteiger partial charge in [-0.05, 0) is 18.6 Å². The Bertz CT molecular complexity index is 462. The van der Waals surface area contributed by atoms with Crippen LogP contribution in [0.4, 0.5) is 0 Å². The number of aryl methyl sites for hydroxylation is 2. The maximum absolute atomic E-state index is 4.25. The van der Waals surface area contributed by atoms with E-state index in [1.54, 1.807) is 0 Å². The van der Waals surface area contributed by atoms with E-state index in [4.69, 9.17) is 0 Å². The van der Waals surface area contributed by atoms with E-state index in [2.05, 4.69) is 21.5 Å². The molecule has 0 unspecified atom stereocenters. The molecule has 0 aromatic carbocycles. The Kier molecular flexibility index (Phi) is 3.31. The average Bonchev–Trinajstić information content (AvgIpc) is 2.67. The molecule has 0 aliphatic rings. The first-order chi connectivity index (χ1) is 7.75. The molecule has 2 aromatic rings. The lowest BCUT2D eigenvalue weighted by Gasteiger charge is -2.05. The van der Waals surface area contributed by atoms with E-state index >= 15 is 0 Å². The fraction of sp³-hybridized carbons (Fsp3) is 0.333. The highest BCUT2D eigenvalue weighted by molar-refractivity contribution is 5.18. The van der Waals surface area contributed by atoms with Crippen molar-refractivity contribution in [3.8, 4) is 0 Å². The van der Waals surface area contributed by atoms with Crippen LogP contribution < -0.4 is 5.32 Å². The number of hydrogen-bond acceptors (Lipinski definition) is 3. The van der Waals surface area contributed by atoms with Crippen LogP contribution in [-0.4, -0.2) is 14.8 Å². The summed E-state index contributed by atoms with van der Waals surface area (Å²) in [4.78, 5) is 4.25. The first-order valence-electron chi connectivity index (χ1n) is 5.34. The van der Waals surface area contributed by atoms with Crippen molar-refractivity contribution in [1.29, 1.82) is 0 Å². The minimum atomic E-state index is 0.835. The van der Waals surface area contributed by atoms with E-state index in [9.17, 15) is 0 Å². The zero-order chi connectivity index (χ0) is 11.4. The third-order valence-electron chi connectivity index (χ3n) is 2.52. The van der Waals surface area contributed by atoms with Gasteiger partial charge in [-0.1, -0.05) is 6.07 Å². The summed E-state index contributed by atoms with van der Waals surface area (Å²) in [6.45, 7) is 3.71. The quantitative estimate of drug-likeness (QED) is 0.840. The molecule has 0 aliphatic heterocycles. The Balaban J connectivity index is 1.87. The molecular formula is C12H16N4. The van der Waals surface area contributed by atoms with E-state index < -0.39 is 0 Å². The topological polar surface area (TPSA) is 42.7 Å². The van der Waals surface area contributed by atoms with Crippen LogP contribution in [-0.2, 0) is 20.1 Å². The van der Waals surface area contributed by atoms with Gasteiger partial charge in [0, 0.05) is 43.8 Å². The van der Waals surface area contributed by atoms with Crippen molar-refractivity contribution in [3.05, 3.63) is 47.5 Å². The van der Waals surface area contributed by atoms with Gasteiger partial charge < -0.3 is 5.32 Å². The highest BCUT2D eigenvalue weighted by Gasteiger charge is 1.99. The number of hydrogen-bond donors (Lipinski definition) is 1. The van der Waals surface area contributed by atoms with Crippen molar-refractivity contribution >= 4 is 0 Å². The minimum absolute atomic E-state index is 0.835. The smallest absolute Gasteiger partial charge is 0.0534 e. The molecule has 2 rings (SSSR count). The number of aromatic nitrogens is 3. The van der Waals surface area contributed by atoms with E-state index in [-0.39, 0.29) is 0 Å². The lowest BCUT2D eigenvalue weighted by Crippen LogP contribution is -2.13. The Labute approximate surface area is 95.3 Å². The molecule has 1 N–H and O–H groups in total. The molecule has 0 saturated carbocycles. The molecule has 0 saturated heterocycles. The van der Waals surface area contributed by atoms with Gasteiger partial charge in [-0.15, -0.1) is 0 Å². The zero-order valence-electron chi connectivity index (χ0n) is 9.64. The molecule has 16 heavy (non-hydrogen) atoms. The maximum Gasteiger partial charge on any atom is 0.0534 e. The van der Waals surface area contributed by atoms with Crippen LogP contribution >= 0.6 is 0 Å². The molecule has 2 heterocycles. The lowest BCUT2D eigenvalue weighted by atomic mass is 10.2. The molecule has 4 nitrogen and oxygen atoms in total. The van der Waals surface area contributed by atoms with Crippen LogP contribution in [0.1, 0.15) is 16.8 Å². The molecular weight excluding hydrogens is 200 g/mol. The van der Waals surface area contributed by atoms with Crippen molar-refractivity contribution in [2.24, 2.45) is 7.05 Å². The monoisotopic (exact) mass is 216 g/mol. The molecule has 4 heteroatoms. The second-order valence-corrected chi connectivity index (χ2v) is 3.87. The van der Waals surface area contributed by atoms with Crippen LogP contribution in [0.2, 0.25) is 0 Å². The number of rotatable bonds is 4. The number of pyridine rings is 1. The summed E-state index contributed by atoms with van der Waals surface area (Å²) >= 11 is 0. The second-order valence-electron chi connectivity index (χ2n) is 3.87. The summed E-state index contributed by atoms with van der Waals surface area (Å²) in [5.74, 6) is 0. The summed E-state index contributed by atoms with van der Waals surface area (Å²) in [5.41, 5.74) is 3.52. The van der Waals surface area contributed by atoms with Gasteiger partial charge in [0.05, 0.1) is 6.20 Å². The molecule has 0 fully saturated rings. The first-order valence-corrected chi connectivity index (χ1v) is 5.34. The Hall–Kier alpha value is -1.68. The molecule has 0 atom stereocenters. The maximum atomic E-state index is 4.25. The summed E-state index contributed by atoms with van der Waals surface area (Å²) in [6.07, 6.45) is 5.71. The predicted octanol–water partition coefficient (Wildman–Crippen LogP) is 1.41. The van der Waals surface area contributed by atoms with Crippen LogP contribution in [0, 0.1) is 6.92 Å². The van der Waals surface area contributed by atoms with Crippen molar-refractivity contribution in [2.75, 3.05) is 0 Å². The largest absolute Gasteiger partial charge is 0.308 e. The fourth-order valence-electron chi connectivity index (χ4n) is 1.61. The van der Waals surface area contributed by atoms with Gasteiger partial charge in [-0.3, -0.25) is 9.67 Å². The fourth-order valence-corrected chi connectivity index (χ4v) is 1.61. The summed E-state index contributed by atoms with van der Waals surface area (Å²) in [7, 11) is 1.93. The van der Waals surface area contributed by atoms with Gasteiger partial charge >= 0.3 is 0 Å². The molecule has 84 valence electrons. The summed E-state index contributed by atoms with van der Waals surface area (Å²) < 4.78 is 1.81. The minimum Gasteiger partial charge on any atom is -0.308 e. The summed E-state index contributed by atoms with van der Waals surface area (Å²) in [5, 5.41) is 7.50. The number of nitrogens with one attached hydrogen (secondary N) is 1. The van der Waals surface area contributed by atoms with Gasteiger partial charge in [0.1, 0.15) is 0 Å². The molecule has 0 bridgehead atoms. The second kappa shape index (κ2) is 4.90. The molecule has 2 aromatic heterocycles. The highest BCUT2D eigenvalue weighted by atomic mass is 15.2. The van der Waals surface area contributed by atoms with Crippen LogP contribution in [0.25, 0.3) is 0 Å². The Morgan fingerprint density at radius 2 is 2.25 bits per heavy atom. The van der Waals surface area contributed by atoms with E-state index in [0.29, 0.717) is 0 Å². The standard InChI is InChI=1S/C12H16N4/c1-10-12(4-3-5-14-10)8-13-6-11-7-15-16(2)9-11/h3-5,7,9,13H,6,8H2,1-2H3. The molecule has 0 aliphatic carbocycles. The van der Waals surface area contributed by atoms with Crippen molar-refractivity contribution in [2.45, 2.75) is 20.0 Å². The van der Waals surface area contributed by atoms with Gasteiger partial charge in [0.2, 0.25) is 0 Å². The molecule has 0 spiro atoms. The SMILES string of the molecule is Cc1ncccc1CNCc1cnn(C)c1. The zero-order valence-corrected chi connectivity index (χ0v) is 9.64. The molecule has 0 radical (unpaired) electrons. The van der Waals surface area contributed by atoms with Gasteiger partial charge in [-0.25, -0.2) is 0 Å². The average molecular weight is 216 g/mol. The van der Waals surface area contributed by atoms with Crippen LogP contribution in [0.5, 0.6) is 0 Å². The lowest BCUT2D eigenvalue weighted by molar-refractivity contribution is 0.686. The van der Waals surface area contributed by atoms with Crippen LogP contribution in [0.3, 0.4) is 0 Å². The van der Waals surface area contributed by atoms with Crippen molar-refractivity contribution < 1.29 is 0 Å².